The van der Waals surface area contributed by atoms with Gasteiger partial charge in [-0.05, 0) is 18.2 Å². The highest BCUT2D eigenvalue weighted by molar-refractivity contribution is 7.89. The van der Waals surface area contributed by atoms with E-state index in [2.05, 4.69) is 13.8 Å². The van der Waals surface area contributed by atoms with Crippen molar-refractivity contribution in [3.63, 3.8) is 0 Å². The molecule has 2 aromatic heterocycles. The van der Waals surface area contributed by atoms with Crippen LogP contribution in [0.2, 0.25) is 0 Å². The van der Waals surface area contributed by atoms with Crippen LogP contribution < -0.4 is 0 Å². The molecule has 0 unspecified atom stereocenters. The smallest absolute Gasteiger partial charge is 0.245 e. The number of fused-ring (bicyclic) bond motifs is 2. The quantitative estimate of drug-likeness (QED) is 0.706. The lowest BCUT2D eigenvalue weighted by molar-refractivity contribution is 0.327. The van der Waals surface area contributed by atoms with E-state index < -0.39 is 10.0 Å². The van der Waals surface area contributed by atoms with Gasteiger partial charge in [0.2, 0.25) is 10.0 Å². The molecule has 0 fully saturated rings. The predicted octanol–water partition coefficient (Wildman–Crippen LogP) is 1.09. The standard InChI is InChI=1S/C12H11N5O2S2/c18-21(19,11-3-1-2-10-12(11)15-20-14-10)16-6-7-17-9(8-16)4-5-13-17/h1-5H,6-8H2. The van der Waals surface area contributed by atoms with Gasteiger partial charge in [-0.25, -0.2) is 8.42 Å². The average molecular weight is 321 g/mol. The van der Waals surface area contributed by atoms with Crippen molar-refractivity contribution in [2.24, 2.45) is 0 Å². The first-order valence-corrected chi connectivity index (χ1v) is 8.55. The molecular formula is C12H11N5O2S2. The van der Waals surface area contributed by atoms with Gasteiger partial charge in [0.1, 0.15) is 15.9 Å². The van der Waals surface area contributed by atoms with Gasteiger partial charge in [0.05, 0.1) is 30.5 Å². The number of rotatable bonds is 2. The minimum absolute atomic E-state index is 0.224. The molecule has 7 nitrogen and oxygen atoms in total. The molecule has 1 aromatic carbocycles. The topological polar surface area (TPSA) is 81.0 Å². The highest BCUT2D eigenvalue weighted by Crippen LogP contribution is 2.26. The zero-order valence-corrected chi connectivity index (χ0v) is 12.5. The van der Waals surface area contributed by atoms with Gasteiger partial charge >= 0.3 is 0 Å². The Morgan fingerprint density at radius 2 is 2.05 bits per heavy atom. The molecule has 0 aliphatic carbocycles. The Bertz CT molecular complexity index is 915. The number of hydrogen-bond donors (Lipinski definition) is 0. The first kappa shape index (κ1) is 12.9. The Balaban J connectivity index is 1.79. The molecule has 0 atom stereocenters. The maximum Gasteiger partial charge on any atom is 0.245 e. The first-order valence-electron chi connectivity index (χ1n) is 6.38. The molecule has 0 bridgehead atoms. The third kappa shape index (κ3) is 1.96. The lowest BCUT2D eigenvalue weighted by atomic mass is 10.3. The van der Waals surface area contributed by atoms with Crippen molar-refractivity contribution in [2.45, 2.75) is 18.0 Å². The summed E-state index contributed by atoms with van der Waals surface area (Å²) in [5.74, 6) is 0. The van der Waals surface area contributed by atoms with E-state index in [0.29, 0.717) is 30.7 Å². The molecular weight excluding hydrogens is 310 g/mol. The summed E-state index contributed by atoms with van der Waals surface area (Å²) >= 11 is 1.02. The largest absolute Gasteiger partial charge is 0.267 e. The minimum Gasteiger partial charge on any atom is -0.267 e. The third-order valence-electron chi connectivity index (χ3n) is 3.57. The molecule has 0 radical (unpaired) electrons. The van der Waals surface area contributed by atoms with Gasteiger partial charge in [0.25, 0.3) is 0 Å². The Kier molecular flexibility index (Phi) is 2.81. The van der Waals surface area contributed by atoms with Crippen molar-refractivity contribution < 1.29 is 8.42 Å². The molecule has 3 aromatic rings. The minimum atomic E-state index is -3.58. The van der Waals surface area contributed by atoms with Gasteiger partial charge in [-0.15, -0.1) is 0 Å². The van der Waals surface area contributed by atoms with Crippen molar-refractivity contribution >= 4 is 32.8 Å². The summed E-state index contributed by atoms with van der Waals surface area (Å²) in [7, 11) is -3.58. The summed E-state index contributed by atoms with van der Waals surface area (Å²) in [5, 5.41) is 4.16. The number of nitrogens with zero attached hydrogens (tertiary/aromatic N) is 5. The molecule has 1 aliphatic heterocycles. The summed E-state index contributed by atoms with van der Waals surface area (Å²) in [6, 6.07) is 6.89. The Hall–Kier alpha value is -1.84. The van der Waals surface area contributed by atoms with Gasteiger partial charge < -0.3 is 0 Å². The molecule has 1 aliphatic rings. The van der Waals surface area contributed by atoms with E-state index in [0.717, 1.165) is 17.4 Å². The average Bonchev–Trinajstić information content (AvgIpc) is 3.14. The van der Waals surface area contributed by atoms with Crippen molar-refractivity contribution in [1.82, 2.24) is 22.8 Å². The molecule has 0 amide bonds. The summed E-state index contributed by atoms with van der Waals surface area (Å²) in [5.41, 5.74) is 1.96. The highest BCUT2D eigenvalue weighted by atomic mass is 32.2. The fourth-order valence-corrected chi connectivity index (χ4v) is 4.65. The van der Waals surface area contributed by atoms with Crippen LogP contribution in [0.3, 0.4) is 0 Å². The van der Waals surface area contributed by atoms with Crippen LogP contribution in [-0.4, -0.2) is 37.8 Å². The number of benzene rings is 1. The maximum absolute atomic E-state index is 12.9. The van der Waals surface area contributed by atoms with Crippen LogP contribution in [0.1, 0.15) is 5.69 Å². The first-order chi connectivity index (χ1) is 10.2. The molecule has 4 rings (SSSR count). The molecule has 0 saturated carbocycles. The zero-order valence-electron chi connectivity index (χ0n) is 10.9. The molecule has 0 N–H and O–H groups in total. The van der Waals surface area contributed by atoms with Crippen LogP contribution in [-0.2, 0) is 23.1 Å². The Labute approximate surface area is 125 Å². The van der Waals surface area contributed by atoms with Gasteiger partial charge in [-0.1, -0.05) is 6.07 Å². The highest BCUT2D eigenvalue weighted by Gasteiger charge is 2.30. The van der Waals surface area contributed by atoms with E-state index in [9.17, 15) is 8.42 Å². The summed E-state index contributed by atoms with van der Waals surface area (Å²) < 4.78 is 37.2. The lowest BCUT2D eigenvalue weighted by Gasteiger charge is -2.26. The molecule has 3 heterocycles. The van der Waals surface area contributed by atoms with Crippen molar-refractivity contribution in [3.05, 3.63) is 36.2 Å². The summed E-state index contributed by atoms with van der Waals surface area (Å²) in [4.78, 5) is 0.224. The fourth-order valence-electron chi connectivity index (χ4n) is 2.50. The molecule has 0 spiro atoms. The summed E-state index contributed by atoms with van der Waals surface area (Å²) in [6.45, 7) is 1.30. The monoisotopic (exact) mass is 321 g/mol. The van der Waals surface area contributed by atoms with Gasteiger partial charge in [0.15, 0.2) is 0 Å². The maximum atomic E-state index is 12.9. The van der Waals surface area contributed by atoms with Crippen LogP contribution in [0.15, 0.2) is 35.4 Å². The van der Waals surface area contributed by atoms with Crippen LogP contribution in [0.25, 0.3) is 11.0 Å². The third-order valence-corrected chi connectivity index (χ3v) is 5.99. The predicted molar refractivity (Wildman–Crippen MR) is 77.2 cm³/mol. The molecule has 21 heavy (non-hydrogen) atoms. The van der Waals surface area contributed by atoms with E-state index in [1.165, 1.54) is 4.31 Å². The van der Waals surface area contributed by atoms with E-state index in [1.54, 1.807) is 24.4 Å². The number of hydrogen-bond acceptors (Lipinski definition) is 6. The van der Waals surface area contributed by atoms with Gasteiger partial charge in [-0.3, -0.25) is 4.68 Å². The second-order valence-electron chi connectivity index (χ2n) is 4.77. The van der Waals surface area contributed by atoms with Crippen LogP contribution in [0, 0.1) is 0 Å². The molecule has 0 saturated heterocycles. The van der Waals surface area contributed by atoms with E-state index in [4.69, 9.17) is 0 Å². The number of aromatic nitrogens is 4. The Morgan fingerprint density at radius 3 is 2.95 bits per heavy atom. The van der Waals surface area contributed by atoms with E-state index in [1.807, 2.05) is 10.7 Å². The summed E-state index contributed by atoms with van der Waals surface area (Å²) in [6.07, 6.45) is 1.69. The molecule has 108 valence electrons. The van der Waals surface area contributed by atoms with Crippen LogP contribution in [0.5, 0.6) is 0 Å². The zero-order chi connectivity index (χ0) is 14.4. The van der Waals surface area contributed by atoms with Gasteiger partial charge in [0, 0.05) is 12.7 Å². The normalized spacial score (nSPS) is 16.2. The van der Waals surface area contributed by atoms with Crippen molar-refractivity contribution in [2.75, 3.05) is 6.54 Å². The van der Waals surface area contributed by atoms with Gasteiger partial charge in [-0.2, -0.15) is 18.2 Å². The fraction of sp³-hybridized carbons (Fsp3) is 0.250. The van der Waals surface area contributed by atoms with E-state index in [-0.39, 0.29) is 4.90 Å². The van der Waals surface area contributed by atoms with E-state index >= 15 is 0 Å². The number of sulfonamides is 1. The second kappa shape index (κ2) is 4.58. The van der Waals surface area contributed by atoms with Crippen molar-refractivity contribution in [1.29, 1.82) is 0 Å². The second-order valence-corrected chi connectivity index (χ2v) is 7.21. The lowest BCUT2D eigenvalue weighted by Crippen LogP contribution is -2.38. The molecule has 9 heteroatoms. The SMILES string of the molecule is O=S(=O)(c1cccc2nsnc12)N1CCn2nccc2C1. The van der Waals surface area contributed by atoms with Crippen LogP contribution >= 0.6 is 11.7 Å². The van der Waals surface area contributed by atoms with Crippen molar-refractivity contribution in [3.8, 4) is 0 Å². The Morgan fingerprint density at radius 1 is 1.14 bits per heavy atom. The van der Waals surface area contributed by atoms with Crippen LogP contribution in [0.4, 0.5) is 0 Å².